The van der Waals surface area contributed by atoms with Crippen LogP contribution in [0.25, 0.3) is 0 Å². The quantitative estimate of drug-likeness (QED) is 0.608. The molecule has 7 heteroatoms. The number of ketones is 1. The van der Waals surface area contributed by atoms with Crippen LogP contribution in [0.3, 0.4) is 0 Å². The minimum Gasteiger partial charge on any atom is -0.347 e. The number of rotatable bonds is 6. The molecule has 1 aromatic heterocycles. The van der Waals surface area contributed by atoms with E-state index in [1.165, 1.54) is 6.92 Å². The molecule has 6 nitrogen and oxygen atoms in total. The first-order chi connectivity index (χ1) is 13.4. The van der Waals surface area contributed by atoms with E-state index < -0.39 is 0 Å². The van der Waals surface area contributed by atoms with Gasteiger partial charge in [0, 0.05) is 28.5 Å². The van der Waals surface area contributed by atoms with Gasteiger partial charge in [-0.05, 0) is 49.7 Å². The van der Waals surface area contributed by atoms with Gasteiger partial charge in [0.05, 0.1) is 0 Å². The Morgan fingerprint density at radius 1 is 1.04 bits per heavy atom. The van der Waals surface area contributed by atoms with E-state index in [-0.39, 0.29) is 23.3 Å². The Labute approximate surface area is 168 Å². The van der Waals surface area contributed by atoms with Gasteiger partial charge >= 0.3 is 0 Å². The van der Waals surface area contributed by atoms with Crippen molar-refractivity contribution >= 4 is 34.9 Å². The lowest BCUT2D eigenvalue weighted by atomic mass is 10.1. The van der Waals surface area contributed by atoms with E-state index in [4.69, 9.17) is 11.6 Å². The van der Waals surface area contributed by atoms with Gasteiger partial charge in [-0.1, -0.05) is 35.9 Å². The molecule has 28 heavy (non-hydrogen) atoms. The zero-order valence-electron chi connectivity index (χ0n) is 15.5. The van der Waals surface area contributed by atoms with Gasteiger partial charge in [-0.15, -0.1) is 0 Å². The zero-order valence-corrected chi connectivity index (χ0v) is 16.2. The summed E-state index contributed by atoms with van der Waals surface area (Å²) in [6, 6.07) is 15.9. The van der Waals surface area contributed by atoms with Gasteiger partial charge in [0.1, 0.15) is 5.69 Å². The molecule has 0 saturated carbocycles. The second-order valence-electron chi connectivity index (χ2n) is 6.29. The fourth-order valence-corrected chi connectivity index (χ4v) is 2.69. The summed E-state index contributed by atoms with van der Waals surface area (Å²) in [4.78, 5) is 32.6. The van der Waals surface area contributed by atoms with E-state index in [2.05, 4.69) is 20.6 Å². The number of aryl methyl sites for hydroxylation is 1. The van der Waals surface area contributed by atoms with E-state index in [9.17, 15) is 9.59 Å². The Bertz CT molecular complexity index is 1020. The molecule has 3 aromatic rings. The Hall–Kier alpha value is -3.25. The van der Waals surface area contributed by atoms with E-state index >= 15 is 0 Å². The highest BCUT2D eigenvalue weighted by atomic mass is 35.5. The number of hydrogen-bond acceptors (Lipinski definition) is 5. The van der Waals surface area contributed by atoms with Crippen molar-refractivity contribution in [2.45, 2.75) is 20.4 Å². The first-order valence-corrected chi connectivity index (χ1v) is 9.05. The number of anilines is 2. The normalized spacial score (nSPS) is 10.4. The van der Waals surface area contributed by atoms with Crippen LogP contribution in [-0.4, -0.2) is 21.7 Å². The van der Waals surface area contributed by atoms with E-state index in [0.717, 1.165) is 5.56 Å². The molecule has 0 aliphatic heterocycles. The van der Waals surface area contributed by atoms with Crippen molar-refractivity contribution in [3.8, 4) is 0 Å². The summed E-state index contributed by atoms with van der Waals surface area (Å²) in [5.74, 6) is -0.0468. The standard InChI is InChI=1S/C21H19ClN4O2/c1-13-10-19(20(28)23-12-15-6-8-17(22)9-7-15)26-21(24-13)25-18-5-3-4-16(11-18)14(2)27/h3-11H,12H2,1-2H3,(H,23,28)(H,24,25,26). The van der Waals surface area contributed by atoms with Gasteiger partial charge in [0.25, 0.3) is 5.91 Å². The number of benzene rings is 2. The summed E-state index contributed by atoms with van der Waals surface area (Å²) < 4.78 is 0. The largest absolute Gasteiger partial charge is 0.347 e. The van der Waals surface area contributed by atoms with Gasteiger partial charge in [-0.25, -0.2) is 9.97 Å². The van der Waals surface area contributed by atoms with Crippen molar-refractivity contribution in [2.24, 2.45) is 0 Å². The number of amides is 1. The number of carbonyl (C=O) groups excluding carboxylic acids is 2. The van der Waals surface area contributed by atoms with Gasteiger partial charge in [0.2, 0.25) is 5.95 Å². The maximum atomic E-state index is 12.5. The molecule has 2 N–H and O–H groups in total. The maximum Gasteiger partial charge on any atom is 0.270 e. The Morgan fingerprint density at radius 2 is 1.79 bits per heavy atom. The topological polar surface area (TPSA) is 84.0 Å². The van der Waals surface area contributed by atoms with Crippen molar-refractivity contribution in [2.75, 3.05) is 5.32 Å². The van der Waals surface area contributed by atoms with Crippen LogP contribution in [0.4, 0.5) is 11.6 Å². The number of aromatic nitrogens is 2. The Morgan fingerprint density at radius 3 is 2.50 bits per heavy atom. The number of halogens is 1. The molecule has 3 rings (SSSR count). The predicted molar refractivity (Wildman–Crippen MR) is 109 cm³/mol. The molecule has 0 saturated heterocycles. The van der Waals surface area contributed by atoms with Gasteiger partial charge in [-0.3, -0.25) is 9.59 Å². The lowest BCUT2D eigenvalue weighted by molar-refractivity contribution is 0.0945. The molecule has 0 bridgehead atoms. The van der Waals surface area contributed by atoms with Crippen molar-refractivity contribution in [3.63, 3.8) is 0 Å². The maximum absolute atomic E-state index is 12.5. The second kappa shape index (κ2) is 8.63. The summed E-state index contributed by atoms with van der Waals surface area (Å²) in [6.07, 6.45) is 0. The molecule has 0 aliphatic carbocycles. The molecule has 0 atom stereocenters. The number of carbonyl (C=O) groups is 2. The SMILES string of the molecule is CC(=O)c1cccc(Nc2nc(C)cc(C(=O)NCc3ccc(Cl)cc3)n2)c1. The highest BCUT2D eigenvalue weighted by molar-refractivity contribution is 6.30. The zero-order chi connectivity index (χ0) is 20.1. The minimum atomic E-state index is -0.305. The van der Waals surface area contributed by atoms with Crippen LogP contribution in [-0.2, 0) is 6.54 Å². The average Bonchev–Trinajstić information content (AvgIpc) is 2.67. The smallest absolute Gasteiger partial charge is 0.270 e. The van der Waals surface area contributed by atoms with Gasteiger partial charge in [-0.2, -0.15) is 0 Å². The molecule has 142 valence electrons. The van der Waals surface area contributed by atoms with Crippen LogP contribution < -0.4 is 10.6 Å². The Kier molecular flexibility index (Phi) is 6.01. The second-order valence-corrected chi connectivity index (χ2v) is 6.73. The van der Waals surface area contributed by atoms with Crippen molar-refractivity contribution in [3.05, 3.63) is 82.1 Å². The summed E-state index contributed by atoms with van der Waals surface area (Å²) in [6.45, 7) is 3.66. The number of Topliss-reactive ketones (excluding diaryl/α,β-unsaturated/α-hetero) is 1. The summed E-state index contributed by atoms with van der Waals surface area (Å²) in [5.41, 5.74) is 3.09. The summed E-state index contributed by atoms with van der Waals surface area (Å²) in [7, 11) is 0. The van der Waals surface area contributed by atoms with Crippen LogP contribution in [0.15, 0.2) is 54.6 Å². The molecule has 1 amide bonds. The highest BCUT2D eigenvalue weighted by Gasteiger charge is 2.11. The predicted octanol–water partition coefficient (Wildman–Crippen LogP) is 4.31. The molecular weight excluding hydrogens is 376 g/mol. The Balaban J connectivity index is 1.73. The van der Waals surface area contributed by atoms with Crippen LogP contribution in [0, 0.1) is 6.92 Å². The first-order valence-electron chi connectivity index (χ1n) is 8.67. The number of hydrogen-bond donors (Lipinski definition) is 2. The fraction of sp³-hybridized carbons (Fsp3) is 0.143. The lowest BCUT2D eigenvalue weighted by Gasteiger charge is -2.10. The number of nitrogens with one attached hydrogen (secondary N) is 2. The van der Waals surface area contributed by atoms with E-state index in [0.29, 0.717) is 28.5 Å². The summed E-state index contributed by atoms with van der Waals surface area (Å²) in [5, 5.41) is 6.52. The van der Waals surface area contributed by atoms with Crippen LogP contribution in [0.1, 0.15) is 39.0 Å². The summed E-state index contributed by atoms with van der Waals surface area (Å²) >= 11 is 5.87. The molecule has 0 unspecified atom stereocenters. The van der Waals surface area contributed by atoms with Crippen LogP contribution in [0.5, 0.6) is 0 Å². The first kappa shape index (κ1) is 19.5. The van der Waals surface area contributed by atoms with E-state index in [1.807, 2.05) is 12.1 Å². The molecule has 0 fully saturated rings. The number of nitrogens with zero attached hydrogens (tertiary/aromatic N) is 2. The van der Waals surface area contributed by atoms with Gasteiger partial charge < -0.3 is 10.6 Å². The van der Waals surface area contributed by atoms with E-state index in [1.54, 1.807) is 49.4 Å². The third-order valence-electron chi connectivity index (χ3n) is 3.98. The fourth-order valence-electron chi connectivity index (χ4n) is 2.56. The molecule has 2 aromatic carbocycles. The van der Waals surface area contributed by atoms with Gasteiger partial charge in [0.15, 0.2) is 5.78 Å². The third kappa shape index (κ3) is 5.14. The lowest BCUT2D eigenvalue weighted by Crippen LogP contribution is -2.24. The molecule has 0 aliphatic rings. The molecule has 0 spiro atoms. The van der Waals surface area contributed by atoms with Crippen molar-refractivity contribution in [1.82, 2.24) is 15.3 Å². The molecular formula is C21H19ClN4O2. The van der Waals surface area contributed by atoms with Crippen molar-refractivity contribution < 1.29 is 9.59 Å². The third-order valence-corrected chi connectivity index (χ3v) is 4.23. The van der Waals surface area contributed by atoms with Crippen molar-refractivity contribution in [1.29, 1.82) is 0 Å². The molecule has 1 heterocycles. The van der Waals surface area contributed by atoms with Crippen LogP contribution in [0.2, 0.25) is 5.02 Å². The monoisotopic (exact) mass is 394 g/mol. The minimum absolute atomic E-state index is 0.0314. The molecule has 0 radical (unpaired) electrons. The van der Waals surface area contributed by atoms with Crippen LogP contribution >= 0.6 is 11.6 Å². The highest BCUT2D eigenvalue weighted by Crippen LogP contribution is 2.16. The average molecular weight is 395 g/mol.